The molecular formula is C23H23N7O3. The van der Waals surface area contributed by atoms with Crippen molar-refractivity contribution in [1.82, 2.24) is 19.7 Å². The highest BCUT2D eigenvalue weighted by molar-refractivity contribution is 5.87. The maximum Gasteiger partial charge on any atom is 0.274 e. The van der Waals surface area contributed by atoms with E-state index in [9.17, 15) is 10.1 Å². The highest BCUT2D eigenvalue weighted by atomic mass is 16.6. The van der Waals surface area contributed by atoms with Crippen molar-refractivity contribution >= 4 is 28.2 Å². The Bertz CT molecular complexity index is 1300. The van der Waals surface area contributed by atoms with Gasteiger partial charge in [0.15, 0.2) is 5.65 Å². The van der Waals surface area contributed by atoms with Crippen molar-refractivity contribution < 1.29 is 9.66 Å². The molecule has 10 nitrogen and oxygen atoms in total. The molecule has 0 unspecified atom stereocenters. The lowest BCUT2D eigenvalue weighted by Gasteiger charge is -2.37. The third-order valence-corrected chi connectivity index (χ3v) is 5.93. The summed E-state index contributed by atoms with van der Waals surface area (Å²) in [5, 5.41) is 16.7. The van der Waals surface area contributed by atoms with Crippen LogP contribution in [0.15, 0.2) is 61.1 Å². The summed E-state index contributed by atoms with van der Waals surface area (Å²) in [4.78, 5) is 24.5. The Labute approximate surface area is 190 Å². The molecule has 168 valence electrons. The van der Waals surface area contributed by atoms with Crippen LogP contribution in [0.3, 0.4) is 0 Å². The minimum Gasteiger partial charge on any atom is -0.495 e. The summed E-state index contributed by atoms with van der Waals surface area (Å²) in [5.74, 6) is 1.69. The number of piperazine rings is 1. The lowest BCUT2D eigenvalue weighted by Crippen LogP contribution is -2.47. The van der Waals surface area contributed by atoms with Crippen molar-refractivity contribution in [3.05, 3.63) is 76.7 Å². The molecule has 2 aromatic carbocycles. The zero-order valence-electron chi connectivity index (χ0n) is 18.2. The number of fused-ring (bicyclic) bond motifs is 1. The van der Waals surface area contributed by atoms with Crippen LogP contribution in [0.4, 0.5) is 17.2 Å². The first-order valence-corrected chi connectivity index (χ1v) is 10.7. The van der Waals surface area contributed by atoms with Gasteiger partial charge in [0.2, 0.25) is 0 Å². The molecule has 1 fully saturated rings. The molecule has 0 saturated carbocycles. The van der Waals surface area contributed by atoms with Gasteiger partial charge in [-0.1, -0.05) is 30.3 Å². The van der Waals surface area contributed by atoms with Crippen LogP contribution in [0.1, 0.15) is 5.56 Å². The molecule has 5 rings (SSSR count). The number of rotatable bonds is 6. The van der Waals surface area contributed by atoms with Crippen LogP contribution < -0.4 is 14.5 Å². The molecule has 0 N–H and O–H groups in total. The van der Waals surface area contributed by atoms with E-state index in [1.165, 1.54) is 12.4 Å². The van der Waals surface area contributed by atoms with E-state index in [1.54, 1.807) is 36.2 Å². The average Bonchev–Trinajstić information content (AvgIpc) is 3.27. The first-order chi connectivity index (χ1) is 16.2. The van der Waals surface area contributed by atoms with Crippen molar-refractivity contribution in [3.63, 3.8) is 0 Å². The highest BCUT2D eigenvalue weighted by Crippen LogP contribution is 2.30. The molecule has 1 saturated heterocycles. The SMILES string of the molecule is COc1ccccc1N1CCN(c2ncnc3c2cnn3Cc2ccccc2[N+](=O)[O-])CC1. The van der Waals surface area contributed by atoms with Crippen LogP contribution >= 0.6 is 0 Å². The van der Waals surface area contributed by atoms with E-state index in [4.69, 9.17) is 4.74 Å². The van der Waals surface area contributed by atoms with E-state index in [2.05, 4.69) is 30.9 Å². The van der Waals surface area contributed by atoms with E-state index >= 15 is 0 Å². The third-order valence-electron chi connectivity index (χ3n) is 5.93. The number of nitro groups is 1. The maximum atomic E-state index is 11.4. The molecule has 0 bridgehead atoms. The number of anilines is 2. The molecule has 1 aliphatic rings. The molecule has 0 spiro atoms. The van der Waals surface area contributed by atoms with E-state index in [0.29, 0.717) is 11.2 Å². The molecule has 4 aromatic rings. The number of ether oxygens (including phenoxy) is 1. The minimum absolute atomic E-state index is 0.0721. The monoisotopic (exact) mass is 445 g/mol. The number of nitro benzene ring substituents is 1. The Morgan fingerprint density at radius 1 is 1.00 bits per heavy atom. The summed E-state index contributed by atoms with van der Waals surface area (Å²) in [6.07, 6.45) is 3.27. The normalized spacial score (nSPS) is 14.0. The highest BCUT2D eigenvalue weighted by Gasteiger charge is 2.23. The fourth-order valence-electron chi connectivity index (χ4n) is 4.28. The Hall–Kier alpha value is -4.21. The van der Waals surface area contributed by atoms with Gasteiger partial charge in [0.05, 0.1) is 41.4 Å². The lowest BCUT2D eigenvalue weighted by molar-refractivity contribution is -0.385. The molecule has 0 aliphatic carbocycles. The van der Waals surface area contributed by atoms with Gasteiger partial charge in [0.25, 0.3) is 5.69 Å². The van der Waals surface area contributed by atoms with Crippen molar-refractivity contribution in [3.8, 4) is 5.75 Å². The molecule has 1 aliphatic heterocycles. The average molecular weight is 445 g/mol. The van der Waals surface area contributed by atoms with Crippen molar-refractivity contribution in [2.75, 3.05) is 43.1 Å². The number of hydrogen-bond donors (Lipinski definition) is 0. The van der Waals surface area contributed by atoms with E-state index < -0.39 is 0 Å². The molecular weight excluding hydrogens is 422 g/mol. The molecule has 3 heterocycles. The van der Waals surface area contributed by atoms with E-state index in [1.807, 2.05) is 18.2 Å². The summed E-state index contributed by atoms with van der Waals surface area (Å²) in [5.41, 5.74) is 2.40. The van der Waals surface area contributed by atoms with Gasteiger partial charge >= 0.3 is 0 Å². The topological polar surface area (TPSA) is 102 Å². The number of hydrogen-bond acceptors (Lipinski definition) is 8. The van der Waals surface area contributed by atoms with Crippen LogP contribution in [-0.2, 0) is 6.54 Å². The van der Waals surface area contributed by atoms with Crippen molar-refractivity contribution in [2.24, 2.45) is 0 Å². The van der Waals surface area contributed by atoms with Crippen molar-refractivity contribution in [2.45, 2.75) is 6.54 Å². The first-order valence-electron chi connectivity index (χ1n) is 10.7. The minimum atomic E-state index is -0.372. The second-order valence-electron chi connectivity index (χ2n) is 7.77. The molecule has 0 atom stereocenters. The summed E-state index contributed by atoms with van der Waals surface area (Å²) in [6.45, 7) is 3.50. The van der Waals surface area contributed by atoms with Crippen LogP contribution in [0, 0.1) is 10.1 Å². The maximum absolute atomic E-state index is 11.4. The summed E-state index contributed by atoms with van der Waals surface area (Å²) >= 11 is 0. The van der Waals surface area contributed by atoms with Gasteiger partial charge < -0.3 is 14.5 Å². The van der Waals surface area contributed by atoms with Gasteiger partial charge in [-0.15, -0.1) is 0 Å². The Kier molecular flexibility index (Phi) is 5.47. The molecule has 0 amide bonds. The number of nitrogens with zero attached hydrogens (tertiary/aromatic N) is 7. The van der Waals surface area contributed by atoms with Crippen LogP contribution in [0.25, 0.3) is 11.0 Å². The quantitative estimate of drug-likeness (QED) is 0.330. The molecule has 10 heteroatoms. The van der Waals surface area contributed by atoms with Gasteiger partial charge in [0, 0.05) is 32.2 Å². The fourth-order valence-corrected chi connectivity index (χ4v) is 4.28. The number of benzene rings is 2. The van der Waals surface area contributed by atoms with Crippen LogP contribution in [0.2, 0.25) is 0 Å². The Morgan fingerprint density at radius 2 is 1.73 bits per heavy atom. The Balaban J connectivity index is 1.38. The van der Waals surface area contributed by atoms with Crippen LogP contribution in [0.5, 0.6) is 5.75 Å². The fraction of sp³-hybridized carbons (Fsp3) is 0.261. The van der Waals surface area contributed by atoms with Gasteiger partial charge in [-0.05, 0) is 12.1 Å². The predicted molar refractivity (Wildman–Crippen MR) is 125 cm³/mol. The van der Waals surface area contributed by atoms with Crippen molar-refractivity contribution in [1.29, 1.82) is 0 Å². The predicted octanol–water partition coefficient (Wildman–Crippen LogP) is 3.12. The summed E-state index contributed by atoms with van der Waals surface area (Å²) < 4.78 is 7.20. The third kappa shape index (κ3) is 3.91. The molecule has 0 radical (unpaired) electrons. The zero-order valence-corrected chi connectivity index (χ0v) is 18.2. The number of methoxy groups -OCH3 is 1. The van der Waals surface area contributed by atoms with Crippen LogP contribution in [-0.4, -0.2) is 58.0 Å². The van der Waals surface area contributed by atoms with E-state index in [-0.39, 0.29) is 17.2 Å². The smallest absolute Gasteiger partial charge is 0.274 e. The van der Waals surface area contributed by atoms with Gasteiger partial charge in [-0.2, -0.15) is 5.10 Å². The van der Waals surface area contributed by atoms with Gasteiger partial charge in [-0.3, -0.25) is 10.1 Å². The summed E-state index contributed by atoms with van der Waals surface area (Å²) in [7, 11) is 1.69. The zero-order chi connectivity index (χ0) is 22.8. The molecule has 33 heavy (non-hydrogen) atoms. The van der Waals surface area contributed by atoms with Gasteiger partial charge in [0.1, 0.15) is 17.9 Å². The number of aromatic nitrogens is 4. The second kappa shape index (κ2) is 8.73. The van der Waals surface area contributed by atoms with Gasteiger partial charge in [-0.25, -0.2) is 14.6 Å². The standard InChI is InChI=1S/C23H23N7O3/c1-33-21-9-5-4-8-20(21)27-10-12-28(13-11-27)22-18-14-26-29(23(18)25-16-24-22)15-17-6-2-3-7-19(17)30(31)32/h2-9,14,16H,10-13,15H2,1H3. The lowest BCUT2D eigenvalue weighted by atomic mass is 10.2. The Morgan fingerprint density at radius 3 is 2.52 bits per heavy atom. The first kappa shape index (κ1) is 20.7. The molecule has 2 aromatic heterocycles. The number of para-hydroxylation sites is 3. The second-order valence-corrected chi connectivity index (χ2v) is 7.77. The van der Waals surface area contributed by atoms with E-state index in [0.717, 1.165) is 48.8 Å². The summed E-state index contributed by atoms with van der Waals surface area (Å²) in [6, 6.07) is 14.7. The largest absolute Gasteiger partial charge is 0.495 e.